The van der Waals surface area contributed by atoms with Crippen LogP contribution in [0.5, 0.6) is 0 Å². The highest BCUT2D eigenvalue weighted by Crippen LogP contribution is 2.26. The van der Waals surface area contributed by atoms with Gasteiger partial charge in [0.2, 0.25) is 0 Å². The molecule has 0 aliphatic rings. The third-order valence-corrected chi connectivity index (χ3v) is 5.36. The maximum Gasteiger partial charge on any atom is 0.258 e. The first-order valence-electron chi connectivity index (χ1n) is 8.56. The fraction of sp³-hybridized carbons (Fsp3) is 0.100. The van der Waals surface area contributed by atoms with Gasteiger partial charge >= 0.3 is 0 Å². The number of aromatic nitrogens is 5. The van der Waals surface area contributed by atoms with Gasteiger partial charge in [0.1, 0.15) is 5.65 Å². The van der Waals surface area contributed by atoms with Crippen molar-refractivity contribution in [3.05, 3.63) is 88.5 Å². The number of allylic oxidation sites excluding steroid dienone is 1. The quantitative estimate of drug-likeness (QED) is 0.354. The number of pyridine rings is 1. The van der Waals surface area contributed by atoms with E-state index < -0.39 is 0 Å². The Morgan fingerprint density at radius 1 is 1.14 bits per heavy atom. The largest absolute Gasteiger partial charge is 0.298 e. The molecule has 0 fully saturated rings. The molecule has 0 saturated carbocycles. The summed E-state index contributed by atoms with van der Waals surface area (Å²) in [4.78, 5) is 16.8. The normalized spacial score (nSPS) is 11.0. The SMILES string of the molecule is C=CCn1c(SCc2cc(=O)n3ccccc3n2)nnc1-c1ccc(Cl)cc1. The second-order valence-electron chi connectivity index (χ2n) is 6.02. The predicted octanol–water partition coefficient (Wildman–Crippen LogP) is 4.08. The first-order chi connectivity index (χ1) is 13.7. The van der Waals surface area contributed by atoms with Crippen molar-refractivity contribution in [1.82, 2.24) is 24.1 Å². The van der Waals surface area contributed by atoms with Crippen molar-refractivity contribution in [2.24, 2.45) is 0 Å². The number of hydrogen-bond acceptors (Lipinski definition) is 5. The Labute approximate surface area is 170 Å². The zero-order chi connectivity index (χ0) is 19.5. The van der Waals surface area contributed by atoms with Crippen LogP contribution < -0.4 is 5.56 Å². The minimum absolute atomic E-state index is 0.101. The molecule has 4 rings (SSSR count). The number of halogens is 1. The van der Waals surface area contributed by atoms with Crippen molar-refractivity contribution in [2.45, 2.75) is 17.5 Å². The van der Waals surface area contributed by atoms with Crippen molar-refractivity contribution in [1.29, 1.82) is 0 Å². The summed E-state index contributed by atoms with van der Waals surface area (Å²) in [7, 11) is 0. The second-order valence-corrected chi connectivity index (χ2v) is 7.39. The summed E-state index contributed by atoms with van der Waals surface area (Å²) in [5, 5.41) is 10.1. The lowest BCUT2D eigenvalue weighted by molar-refractivity contribution is 0.731. The van der Waals surface area contributed by atoms with E-state index in [1.54, 1.807) is 24.4 Å². The van der Waals surface area contributed by atoms with Crippen LogP contribution >= 0.6 is 23.4 Å². The molecule has 0 unspecified atom stereocenters. The fourth-order valence-corrected chi connectivity index (χ4v) is 3.78. The number of fused-ring (bicyclic) bond motifs is 1. The molecule has 0 atom stereocenters. The van der Waals surface area contributed by atoms with Crippen molar-refractivity contribution in [3.8, 4) is 11.4 Å². The Morgan fingerprint density at radius 2 is 1.96 bits per heavy atom. The number of rotatable bonds is 6. The smallest absolute Gasteiger partial charge is 0.258 e. The van der Waals surface area contributed by atoms with Gasteiger partial charge in [-0.15, -0.1) is 16.8 Å². The summed E-state index contributed by atoms with van der Waals surface area (Å²) in [5.41, 5.74) is 2.14. The molecule has 0 aliphatic heterocycles. The third kappa shape index (κ3) is 3.72. The zero-order valence-corrected chi connectivity index (χ0v) is 16.4. The van der Waals surface area contributed by atoms with Crippen LogP contribution in [0.15, 0.2) is 77.3 Å². The molecule has 4 aromatic rings. The van der Waals surface area contributed by atoms with Crippen molar-refractivity contribution >= 4 is 29.0 Å². The van der Waals surface area contributed by atoms with E-state index in [-0.39, 0.29) is 5.56 Å². The molecule has 6 nitrogen and oxygen atoms in total. The van der Waals surface area contributed by atoms with Crippen LogP contribution in [-0.4, -0.2) is 24.1 Å². The number of benzene rings is 1. The topological polar surface area (TPSA) is 65.1 Å². The van der Waals surface area contributed by atoms with Gasteiger partial charge in [-0.05, 0) is 36.4 Å². The summed E-state index contributed by atoms with van der Waals surface area (Å²) >= 11 is 7.46. The van der Waals surface area contributed by atoms with E-state index in [0.29, 0.717) is 28.7 Å². The Morgan fingerprint density at radius 3 is 2.75 bits per heavy atom. The molecule has 0 spiro atoms. The van der Waals surface area contributed by atoms with Crippen LogP contribution in [0.4, 0.5) is 0 Å². The highest BCUT2D eigenvalue weighted by molar-refractivity contribution is 7.98. The zero-order valence-electron chi connectivity index (χ0n) is 14.8. The van der Waals surface area contributed by atoms with Crippen LogP contribution in [0, 0.1) is 0 Å². The lowest BCUT2D eigenvalue weighted by Crippen LogP contribution is -2.14. The number of thioether (sulfide) groups is 1. The maximum absolute atomic E-state index is 12.3. The molecule has 0 aliphatic carbocycles. The molecule has 0 amide bonds. The van der Waals surface area contributed by atoms with Gasteiger partial charge in [-0.1, -0.05) is 35.5 Å². The van der Waals surface area contributed by atoms with E-state index in [1.807, 2.05) is 41.0 Å². The molecule has 0 radical (unpaired) electrons. The molecule has 140 valence electrons. The standard InChI is InChI=1S/C20H16ClN5OS/c1-2-10-26-19(14-6-8-15(21)9-7-14)23-24-20(26)28-13-16-12-18(27)25-11-4-3-5-17(25)22-16/h2-9,11-12H,1,10,13H2. The fourth-order valence-electron chi connectivity index (χ4n) is 2.82. The van der Waals surface area contributed by atoms with Gasteiger partial charge in [0.25, 0.3) is 5.56 Å². The monoisotopic (exact) mass is 409 g/mol. The van der Waals surface area contributed by atoms with Crippen LogP contribution in [0.25, 0.3) is 17.0 Å². The highest BCUT2D eigenvalue weighted by atomic mass is 35.5. The van der Waals surface area contributed by atoms with E-state index in [0.717, 1.165) is 16.5 Å². The minimum atomic E-state index is -0.101. The lowest BCUT2D eigenvalue weighted by Gasteiger charge is -2.08. The molecule has 0 bridgehead atoms. The molecule has 1 aromatic carbocycles. The van der Waals surface area contributed by atoms with Crippen molar-refractivity contribution in [2.75, 3.05) is 0 Å². The van der Waals surface area contributed by atoms with Gasteiger partial charge in [0.15, 0.2) is 11.0 Å². The van der Waals surface area contributed by atoms with Gasteiger partial charge in [-0.3, -0.25) is 13.8 Å². The van der Waals surface area contributed by atoms with Crippen LogP contribution in [0.2, 0.25) is 5.02 Å². The summed E-state index contributed by atoms with van der Waals surface area (Å²) in [6.45, 7) is 4.40. The Hall–Kier alpha value is -2.90. The average molecular weight is 410 g/mol. The molecule has 3 aromatic heterocycles. The van der Waals surface area contributed by atoms with Gasteiger partial charge in [-0.25, -0.2) is 4.98 Å². The maximum atomic E-state index is 12.3. The second kappa shape index (κ2) is 8.00. The molecular weight excluding hydrogens is 394 g/mol. The highest BCUT2D eigenvalue weighted by Gasteiger charge is 2.14. The molecule has 0 N–H and O–H groups in total. The third-order valence-electron chi connectivity index (χ3n) is 4.10. The minimum Gasteiger partial charge on any atom is -0.298 e. The van der Waals surface area contributed by atoms with Crippen molar-refractivity contribution in [3.63, 3.8) is 0 Å². The van der Waals surface area contributed by atoms with Crippen LogP contribution in [-0.2, 0) is 12.3 Å². The van der Waals surface area contributed by atoms with E-state index in [9.17, 15) is 4.79 Å². The van der Waals surface area contributed by atoms with Gasteiger partial charge in [0.05, 0.1) is 5.69 Å². The summed E-state index contributed by atoms with van der Waals surface area (Å²) in [6, 6.07) is 14.5. The van der Waals surface area contributed by atoms with E-state index in [4.69, 9.17) is 11.6 Å². The van der Waals surface area contributed by atoms with Crippen LogP contribution in [0.3, 0.4) is 0 Å². The molecule has 3 heterocycles. The van der Waals surface area contributed by atoms with Crippen LogP contribution in [0.1, 0.15) is 5.69 Å². The van der Waals surface area contributed by atoms with E-state index in [2.05, 4.69) is 21.8 Å². The Kier molecular flexibility index (Phi) is 5.27. The molecule has 8 heteroatoms. The summed E-state index contributed by atoms with van der Waals surface area (Å²) in [5.74, 6) is 1.25. The molecular formula is C20H16ClN5OS. The first kappa shape index (κ1) is 18.5. The summed E-state index contributed by atoms with van der Waals surface area (Å²) < 4.78 is 3.50. The summed E-state index contributed by atoms with van der Waals surface area (Å²) in [6.07, 6.45) is 3.51. The van der Waals surface area contributed by atoms with Gasteiger partial charge in [-0.2, -0.15) is 0 Å². The van der Waals surface area contributed by atoms with Gasteiger partial charge < -0.3 is 0 Å². The van der Waals surface area contributed by atoms with E-state index >= 15 is 0 Å². The number of hydrogen-bond donors (Lipinski definition) is 0. The number of nitrogens with zero attached hydrogens (tertiary/aromatic N) is 5. The Bertz CT molecular complexity index is 1200. The van der Waals surface area contributed by atoms with Crippen molar-refractivity contribution < 1.29 is 0 Å². The Balaban J connectivity index is 1.62. The molecule has 0 saturated heterocycles. The first-order valence-corrected chi connectivity index (χ1v) is 9.92. The van der Waals surface area contributed by atoms with Gasteiger partial charge in [0, 0.05) is 35.1 Å². The predicted molar refractivity (Wildman–Crippen MR) is 112 cm³/mol. The molecule has 28 heavy (non-hydrogen) atoms. The van der Waals surface area contributed by atoms with E-state index in [1.165, 1.54) is 16.2 Å². The average Bonchev–Trinajstić information content (AvgIpc) is 3.10. The lowest BCUT2D eigenvalue weighted by atomic mass is 10.2.